The first-order chi connectivity index (χ1) is 12.0. The van der Waals surface area contributed by atoms with E-state index in [1.807, 2.05) is 6.92 Å². The van der Waals surface area contributed by atoms with Gasteiger partial charge in [-0.15, -0.1) is 0 Å². The number of benzene rings is 1. The highest BCUT2D eigenvalue weighted by molar-refractivity contribution is 6.34. The molecule has 0 saturated carbocycles. The van der Waals surface area contributed by atoms with E-state index in [0.717, 1.165) is 11.6 Å². The quantitative estimate of drug-likeness (QED) is 0.560. The number of alkyl halides is 2. The van der Waals surface area contributed by atoms with E-state index in [1.54, 1.807) is 12.1 Å². The smallest absolute Gasteiger partial charge is 0.321 e. The van der Waals surface area contributed by atoms with E-state index < -0.39 is 12.1 Å². The van der Waals surface area contributed by atoms with Crippen LogP contribution in [0.1, 0.15) is 24.6 Å². The summed E-state index contributed by atoms with van der Waals surface area (Å²) in [5.74, 6) is 0.320. The van der Waals surface area contributed by atoms with Gasteiger partial charge in [0.05, 0.1) is 28.0 Å². The number of aromatic nitrogens is 3. The Labute approximate surface area is 151 Å². The monoisotopic (exact) mass is 385 g/mol. The van der Waals surface area contributed by atoms with Gasteiger partial charge in [-0.1, -0.05) is 41.3 Å². The Morgan fingerprint density at radius 3 is 2.52 bits per heavy atom. The zero-order valence-corrected chi connectivity index (χ0v) is 14.4. The lowest BCUT2D eigenvalue weighted by molar-refractivity contribution is 0.140. The van der Waals surface area contributed by atoms with Crippen LogP contribution in [0.15, 0.2) is 35.1 Å². The predicted molar refractivity (Wildman–Crippen MR) is 88.4 cm³/mol. The molecule has 0 bridgehead atoms. The maximum absolute atomic E-state index is 12.8. The molecule has 0 spiro atoms. The van der Waals surface area contributed by atoms with Crippen molar-refractivity contribution in [3.8, 4) is 23.1 Å². The Bertz CT molecular complexity index is 886. The fourth-order valence-corrected chi connectivity index (χ4v) is 2.63. The van der Waals surface area contributed by atoms with Crippen LogP contribution in [0.25, 0.3) is 11.3 Å². The minimum absolute atomic E-state index is 0.0274. The summed E-state index contributed by atoms with van der Waals surface area (Å²) in [4.78, 5) is 7.88. The van der Waals surface area contributed by atoms with E-state index in [-0.39, 0.29) is 17.5 Å². The fraction of sp³-hybridized carbons (Fsp3) is 0.188. The van der Waals surface area contributed by atoms with Crippen LogP contribution < -0.4 is 4.74 Å². The van der Waals surface area contributed by atoms with Gasteiger partial charge in [-0.3, -0.25) is 0 Å². The molecular formula is C16H11Cl2F2N3O2. The molecule has 0 unspecified atom stereocenters. The Balaban J connectivity index is 2.08. The van der Waals surface area contributed by atoms with Crippen LogP contribution in [-0.2, 0) is 6.42 Å². The third-order valence-electron chi connectivity index (χ3n) is 3.36. The van der Waals surface area contributed by atoms with Gasteiger partial charge in [-0.2, -0.15) is 0 Å². The molecule has 0 radical (unpaired) electrons. The van der Waals surface area contributed by atoms with Crippen molar-refractivity contribution in [3.05, 3.63) is 51.9 Å². The first kappa shape index (κ1) is 17.6. The molecule has 1 aromatic carbocycles. The molecule has 0 amide bonds. The highest BCUT2D eigenvalue weighted by Crippen LogP contribution is 2.41. The van der Waals surface area contributed by atoms with Crippen LogP contribution >= 0.6 is 23.2 Å². The molecule has 0 saturated heterocycles. The number of hydrogen-bond donors (Lipinski definition) is 0. The molecule has 0 fully saturated rings. The van der Waals surface area contributed by atoms with Crippen molar-refractivity contribution in [3.63, 3.8) is 0 Å². The first-order valence-electron chi connectivity index (χ1n) is 7.21. The molecule has 2 aromatic heterocycles. The topological polar surface area (TPSA) is 61.0 Å². The highest BCUT2D eigenvalue weighted by atomic mass is 35.5. The normalized spacial score (nSPS) is 11.1. The van der Waals surface area contributed by atoms with Crippen LogP contribution in [0.2, 0.25) is 10.0 Å². The van der Waals surface area contributed by atoms with Gasteiger partial charge in [-0.05, 0) is 18.1 Å². The Hall–Kier alpha value is -2.25. The number of rotatable bonds is 5. The number of hydrogen-bond acceptors (Lipinski definition) is 5. The van der Waals surface area contributed by atoms with Gasteiger partial charge in [0.15, 0.2) is 5.76 Å². The van der Waals surface area contributed by atoms with Crippen molar-refractivity contribution in [2.45, 2.75) is 19.8 Å². The van der Waals surface area contributed by atoms with Crippen molar-refractivity contribution < 1.29 is 18.0 Å². The van der Waals surface area contributed by atoms with Crippen molar-refractivity contribution in [1.82, 2.24) is 15.1 Å². The van der Waals surface area contributed by atoms with E-state index >= 15 is 0 Å². The first-order valence-corrected chi connectivity index (χ1v) is 7.97. The molecular weight excluding hydrogens is 375 g/mol. The second-order valence-corrected chi connectivity index (χ2v) is 5.78. The van der Waals surface area contributed by atoms with Crippen molar-refractivity contribution in [1.29, 1.82) is 0 Å². The summed E-state index contributed by atoms with van der Waals surface area (Å²) >= 11 is 12.2. The van der Waals surface area contributed by atoms with Gasteiger partial charge in [-0.25, -0.2) is 18.7 Å². The van der Waals surface area contributed by atoms with Crippen LogP contribution in [0, 0.1) is 0 Å². The van der Waals surface area contributed by atoms with E-state index in [9.17, 15) is 8.78 Å². The van der Waals surface area contributed by atoms with Gasteiger partial charge in [0.2, 0.25) is 0 Å². The molecule has 0 atom stereocenters. The van der Waals surface area contributed by atoms with Crippen LogP contribution in [0.3, 0.4) is 0 Å². The zero-order valence-electron chi connectivity index (χ0n) is 12.8. The van der Waals surface area contributed by atoms with Crippen molar-refractivity contribution in [2.75, 3.05) is 0 Å². The highest BCUT2D eigenvalue weighted by Gasteiger charge is 2.22. The molecule has 3 aromatic rings. The standard InChI is InChI=1S/C16H11Cl2F2N3O2/c1-2-8-3-4-11(24-16-21-6-9(17)7-22-16)13(14(8)18)12-5-10(15(19)20)23-25-12/h3-7,15H,2H2,1H3. The molecule has 0 aliphatic heterocycles. The lowest BCUT2D eigenvalue weighted by Gasteiger charge is -2.12. The van der Waals surface area contributed by atoms with Crippen LogP contribution in [-0.4, -0.2) is 15.1 Å². The van der Waals surface area contributed by atoms with Gasteiger partial charge >= 0.3 is 6.01 Å². The average molecular weight is 386 g/mol. The van der Waals surface area contributed by atoms with E-state index in [0.29, 0.717) is 22.0 Å². The van der Waals surface area contributed by atoms with Crippen molar-refractivity contribution in [2.24, 2.45) is 0 Å². The van der Waals surface area contributed by atoms with E-state index in [2.05, 4.69) is 15.1 Å². The van der Waals surface area contributed by atoms with Gasteiger partial charge < -0.3 is 9.26 Å². The molecule has 2 heterocycles. The van der Waals surface area contributed by atoms with Crippen molar-refractivity contribution >= 4 is 23.2 Å². The average Bonchev–Trinajstić information content (AvgIpc) is 3.07. The summed E-state index contributed by atoms with van der Waals surface area (Å²) in [6.45, 7) is 1.92. The number of aryl methyl sites for hydroxylation is 1. The third kappa shape index (κ3) is 3.72. The predicted octanol–water partition coefficient (Wildman–Crippen LogP) is 5.73. The summed E-state index contributed by atoms with van der Waals surface area (Å²) in [5.41, 5.74) is 0.622. The molecule has 25 heavy (non-hydrogen) atoms. The molecule has 130 valence electrons. The minimum Gasteiger partial charge on any atom is -0.423 e. The second kappa shape index (κ2) is 7.33. The molecule has 0 aliphatic rings. The largest absolute Gasteiger partial charge is 0.423 e. The summed E-state index contributed by atoms with van der Waals surface area (Å²) < 4.78 is 36.3. The van der Waals surface area contributed by atoms with E-state index in [4.69, 9.17) is 32.5 Å². The van der Waals surface area contributed by atoms with Gasteiger partial charge in [0.25, 0.3) is 6.43 Å². The summed E-state index contributed by atoms with van der Waals surface area (Å²) in [6.07, 6.45) is 0.623. The Morgan fingerprint density at radius 1 is 1.20 bits per heavy atom. The Kier molecular flexibility index (Phi) is 5.15. The Morgan fingerprint density at radius 2 is 1.92 bits per heavy atom. The van der Waals surface area contributed by atoms with E-state index in [1.165, 1.54) is 12.4 Å². The number of ether oxygens (including phenoxy) is 1. The summed E-state index contributed by atoms with van der Waals surface area (Å²) in [7, 11) is 0. The number of nitrogens with zero attached hydrogens (tertiary/aromatic N) is 3. The second-order valence-electron chi connectivity index (χ2n) is 4.97. The third-order valence-corrected chi connectivity index (χ3v) is 3.99. The van der Waals surface area contributed by atoms with Gasteiger partial charge in [0, 0.05) is 6.07 Å². The summed E-state index contributed by atoms with van der Waals surface area (Å²) in [6, 6.07) is 4.56. The molecule has 5 nitrogen and oxygen atoms in total. The summed E-state index contributed by atoms with van der Waals surface area (Å²) in [5, 5.41) is 4.04. The molecule has 3 rings (SSSR count). The van der Waals surface area contributed by atoms with Gasteiger partial charge in [0.1, 0.15) is 11.4 Å². The molecule has 0 aliphatic carbocycles. The fourth-order valence-electron chi connectivity index (χ4n) is 2.15. The lowest BCUT2D eigenvalue weighted by atomic mass is 10.1. The molecule has 0 N–H and O–H groups in total. The zero-order chi connectivity index (χ0) is 18.0. The minimum atomic E-state index is -2.75. The number of halogens is 4. The maximum atomic E-state index is 12.8. The molecule has 9 heteroatoms. The maximum Gasteiger partial charge on any atom is 0.321 e. The van der Waals surface area contributed by atoms with Crippen LogP contribution in [0.5, 0.6) is 11.8 Å². The SMILES string of the molecule is CCc1ccc(Oc2ncc(Cl)cn2)c(-c2cc(C(F)F)no2)c1Cl. The lowest BCUT2D eigenvalue weighted by Crippen LogP contribution is -1.95. The van der Waals surface area contributed by atoms with Crippen LogP contribution in [0.4, 0.5) is 8.78 Å².